The molecule has 1 amide bonds. The van der Waals surface area contributed by atoms with E-state index in [9.17, 15) is 4.79 Å². The number of amidine groups is 1. The fourth-order valence-corrected chi connectivity index (χ4v) is 3.08. The van der Waals surface area contributed by atoms with Crippen LogP contribution in [0.25, 0.3) is 0 Å². The Kier molecular flexibility index (Phi) is 5.42. The number of ether oxygens (including phenoxy) is 2. The van der Waals surface area contributed by atoms with Gasteiger partial charge in [0.25, 0.3) is 5.91 Å². The maximum atomic E-state index is 12.2. The van der Waals surface area contributed by atoms with Crippen LogP contribution in [0.4, 0.5) is 0 Å². The average molecular weight is 387 g/mol. The molecule has 6 heteroatoms. The van der Waals surface area contributed by atoms with E-state index in [0.29, 0.717) is 18.9 Å². The van der Waals surface area contributed by atoms with Crippen molar-refractivity contribution in [1.29, 1.82) is 5.41 Å². The molecule has 0 saturated heterocycles. The van der Waals surface area contributed by atoms with Crippen LogP contribution in [0.2, 0.25) is 0 Å². The molecule has 3 aromatic rings. The van der Waals surface area contributed by atoms with Gasteiger partial charge in [0.1, 0.15) is 23.9 Å². The van der Waals surface area contributed by atoms with Crippen molar-refractivity contribution >= 4 is 11.7 Å². The number of carbonyl (C=O) groups excluding carboxylic acids is 1. The highest BCUT2D eigenvalue weighted by Gasteiger charge is 2.24. The lowest BCUT2D eigenvalue weighted by Gasteiger charge is -2.19. The molecule has 146 valence electrons. The highest BCUT2D eigenvalue weighted by molar-refractivity contribution is 6.01. The van der Waals surface area contributed by atoms with Gasteiger partial charge >= 0.3 is 0 Å². The molecule has 4 rings (SSSR count). The first-order chi connectivity index (χ1) is 14.2. The molecule has 0 atom stereocenters. The number of fused-ring (bicyclic) bond motifs is 1. The maximum Gasteiger partial charge on any atom is 0.276 e. The van der Waals surface area contributed by atoms with Crippen molar-refractivity contribution in [3.05, 3.63) is 95.6 Å². The average Bonchev–Trinajstić information content (AvgIpc) is 3.08. The van der Waals surface area contributed by atoms with E-state index in [1.54, 1.807) is 12.1 Å². The highest BCUT2D eigenvalue weighted by Crippen LogP contribution is 2.21. The van der Waals surface area contributed by atoms with Gasteiger partial charge in [0.2, 0.25) is 0 Å². The van der Waals surface area contributed by atoms with Crippen molar-refractivity contribution in [3.8, 4) is 11.5 Å². The molecular weight excluding hydrogens is 366 g/mol. The summed E-state index contributed by atoms with van der Waals surface area (Å²) >= 11 is 0. The number of hydrogen-bond donors (Lipinski definition) is 2. The molecule has 3 aromatic carbocycles. The molecule has 6 nitrogen and oxygen atoms in total. The fourth-order valence-electron chi connectivity index (χ4n) is 3.08. The summed E-state index contributed by atoms with van der Waals surface area (Å²) in [6, 6.07) is 24.7. The Bertz CT molecular complexity index is 1000. The standard InChI is InChI=1S/C23H21N3O3/c24-23-21-9-5-4-8-18(21)14-26(23)25-22(27)16-29-20-12-10-19(11-13-20)28-15-17-6-2-1-3-7-17/h1-13,24H,14-16H2,(H,25,27). The number of nitrogens with zero attached hydrogens (tertiary/aromatic N) is 1. The van der Waals surface area contributed by atoms with Gasteiger partial charge in [-0.15, -0.1) is 0 Å². The summed E-state index contributed by atoms with van der Waals surface area (Å²) in [4.78, 5) is 12.2. The van der Waals surface area contributed by atoms with Crippen LogP contribution in [-0.4, -0.2) is 23.4 Å². The molecule has 29 heavy (non-hydrogen) atoms. The number of hydrogen-bond acceptors (Lipinski definition) is 4. The van der Waals surface area contributed by atoms with Crippen LogP contribution in [0, 0.1) is 5.41 Å². The molecule has 0 unspecified atom stereocenters. The van der Waals surface area contributed by atoms with Crippen LogP contribution >= 0.6 is 0 Å². The predicted molar refractivity (Wildman–Crippen MR) is 110 cm³/mol. The van der Waals surface area contributed by atoms with Gasteiger partial charge in [0.05, 0.1) is 6.54 Å². The Balaban J connectivity index is 1.24. The van der Waals surface area contributed by atoms with Crippen LogP contribution in [0.5, 0.6) is 11.5 Å². The van der Waals surface area contributed by atoms with E-state index in [4.69, 9.17) is 14.9 Å². The molecular formula is C23H21N3O3. The summed E-state index contributed by atoms with van der Waals surface area (Å²) in [5.74, 6) is 1.28. The monoisotopic (exact) mass is 387 g/mol. The van der Waals surface area contributed by atoms with Crippen LogP contribution in [0.1, 0.15) is 16.7 Å². The van der Waals surface area contributed by atoms with Gasteiger partial charge in [0, 0.05) is 5.56 Å². The SMILES string of the molecule is N=C1c2ccccc2CN1NC(=O)COc1ccc(OCc2ccccc2)cc1. The largest absolute Gasteiger partial charge is 0.489 e. The van der Waals surface area contributed by atoms with E-state index in [2.05, 4.69) is 5.43 Å². The minimum Gasteiger partial charge on any atom is -0.489 e. The zero-order valence-corrected chi connectivity index (χ0v) is 15.8. The molecule has 1 heterocycles. The summed E-state index contributed by atoms with van der Waals surface area (Å²) in [6.45, 7) is 0.839. The van der Waals surface area contributed by atoms with Crippen molar-refractivity contribution in [2.75, 3.05) is 6.61 Å². The van der Waals surface area contributed by atoms with Gasteiger partial charge in [0.15, 0.2) is 6.61 Å². The van der Waals surface area contributed by atoms with Crippen LogP contribution in [-0.2, 0) is 17.9 Å². The molecule has 0 aromatic heterocycles. The third kappa shape index (κ3) is 4.55. The lowest BCUT2D eigenvalue weighted by Crippen LogP contribution is -2.44. The Morgan fingerprint density at radius 1 is 0.897 bits per heavy atom. The molecule has 0 radical (unpaired) electrons. The zero-order valence-electron chi connectivity index (χ0n) is 15.8. The second kappa shape index (κ2) is 8.48. The second-order valence-electron chi connectivity index (χ2n) is 6.66. The number of benzene rings is 3. The van der Waals surface area contributed by atoms with E-state index in [0.717, 1.165) is 22.4 Å². The number of amides is 1. The molecule has 2 N–H and O–H groups in total. The van der Waals surface area contributed by atoms with E-state index < -0.39 is 0 Å². The molecule has 0 saturated carbocycles. The summed E-state index contributed by atoms with van der Waals surface area (Å²) in [6.07, 6.45) is 0. The molecule has 1 aliphatic heterocycles. The molecule has 0 bridgehead atoms. The van der Waals surface area contributed by atoms with Crippen molar-refractivity contribution in [3.63, 3.8) is 0 Å². The van der Waals surface area contributed by atoms with Gasteiger partial charge in [-0.1, -0.05) is 54.6 Å². The minimum atomic E-state index is -0.313. The van der Waals surface area contributed by atoms with Gasteiger partial charge in [-0.2, -0.15) is 0 Å². The quantitative estimate of drug-likeness (QED) is 0.651. The van der Waals surface area contributed by atoms with Crippen molar-refractivity contribution in [1.82, 2.24) is 10.4 Å². The van der Waals surface area contributed by atoms with Gasteiger partial charge < -0.3 is 9.47 Å². The first-order valence-corrected chi connectivity index (χ1v) is 9.32. The van der Waals surface area contributed by atoms with E-state index in [1.807, 2.05) is 66.7 Å². The number of carbonyl (C=O) groups is 1. The highest BCUT2D eigenvalue weighted by atomic mass is 16.5. The third-order valence-electron chi connectivity index (χ3n) is 4.57. The van der Waals surface area contributed by atoms with Crippen molar-refractivity contribution in [2.45, 2.75) is 13.2 Å². The second-order valence-corrected chi connectivity index (χ2v) is 6.66. The minimum absolute atomic E-state index is 0.135. The van der Waals surface area contributed by atoms with Crippen LogP contribution in [0.3, 0.4) is 0 Å². The summed E-state index contributed by atoms with van der Waals surface area (Å²) in [7, 11) is 0. The Morgan fingerprint density at radius 3 is 2.28 bits per heavy atom. The fraction of sp³-hybridized carbons (Fsp3) is 0.130. The normalized spacial score (nSPS) is 12.4. The van der Waals surface area contributed by atoms with Crippen molar-refractivity contribution < 1.29 is 14.3 Å². The number of nitrogens with one attached hydrogen (secondary N) is 2. The van der Waals surface area contributed by atoms with Crippen molar-refractivity contribution in [2.24, 2.45) is 0 Å². The van der Waals surface area contributed by atoms with Gasteiger partial charge in [-0.25, -0.2) is 0 Å². The Hall–Kier alpha value is -3.80. The van der Waals surface area contributed by atoms with Gasteiger partial charge in [-0.05, 0) is 35.4 Å². The molecule has 1 aliphatic rings. The molecule has 0 fully saturated rings. The van der Waals surface area contributed by atoms with Crippen LogP contribution < -0.4 is 14.9 Å². The Labute approximate surface area is 169 Å². The zero-order chi connectivity index (χ0) is 20.1. The number of rotatable bonds is 7. The summed E-state index contributed by atoms with van der Waals surface area (Å²) in [5.41, 5.74) is 5.66. The number of hydrazine groups is 1. The van der Waals surface area contributed by atoms with Crippen LogP contribution in [0.15, 0.2) is 78.9 Å². The summed E-state index contributed by atoms with van der Waals surface area (Å²) in [5, 5.41) is 9.68. The summed E-state index contributed by atoms with van der Waals surface area (Å²) < 4.78 is 11.3. The third-order valence-corrected chi connectivity index (χ3v) is 4.57. The molecule has 0 aliphatic carbocycles. The van der Waals surface area contributed by atoms with Gasteiger partial charge in [-0.3, -0.25) is 20.6 Å². The van der Waals surface area contributed by atoms with E-state index >= 15 is 0 Å². The first-order valence-electron chi connectivity index (χ1n) is 9.32. The lowest BCUT2D eigenvalue weighted by molar-refractivity contribution is -0.126. The molecule has 0 spiro atoms. The topological polar surface area (TPSA) is 74.7 Å². The maximum absolute atomic E-state index is 12.2. The lowest BCUT2D eigenvalue weighted by atomic mass is 10.1. The predicted octanol–water partition coefficient (Wildman–Crippen LogP) is 3.52. The van der Waals surface area contributed by atoms with E-state index in [-0.39, 0.29) is 18.3 Å². The Morgan fingerprint density at radius 2 is 1.55 bits per heavy atom. The smallest absolute Gasteiger partial charge is 0.276 e. The van der Waals surface area contributed by atoms with E-state index in [1.165, 1.54) is 5.01 Å². The first kappa shape index (κ1) is 18.6.